The van der Waals surface area contributed by atoms with E-state index in [9.17, 15) is 20.9 Å². The molecule has 0 fully saturated rings. The lowest BCUT2D eigenvalue weighted by Gasteiger charge is -2.19. The van der Waals surface area contributed by atoms with Crippen LogP contribution in [-0.2, 0) is 51.9 Å². The Morgan fingerprint density at radius 1 is 0.354 bits per heavy atom. The summed E-state index contributed by atoms with van der Waals surface area (Å²) in [5.74, 6) is 0.00746. The van der Waals surface area contributed by atoms with Gasteiger partial charge in [-0.15, -0.1) is 15.0 Å². The number of nitriles is 3. The van der Waals surface area contributed by atoms with E-state index in [1.165, 1.54) is 34.9 Å². The van der Waals surface area contributed by atoms with Crippen LogP contribution in [0.5, 0.6) is 0 Å². The SMILES string of the molecule is CC(C)(C)Cc1ccc(-c2cc(Cn3cnc(/C(N)=N/O)c3/C(N)=N/O)cc(-c3ccc(CC(C)(C)C)cc3)c2)cc1.[C-]#[N+]c1ncn(Cc2cc(-c3ccc(C=C)cc3)cc(-c3ccc(C=C)cc3)c2)c1C#N.[C-]#[N+]c1ncn(Cc2cc(-c3ccc(CC(C)(C)C)cc3)cc(-c3ccc(CC(C)(C)C)cc3)c2)c1C#N.[C-]#[N+]c1ncn(Cc2cc(Br)cc(Br)c2)c1C#N. The molecule has 0 aliphatic carbocycles. The summed E-state index contributed by atoms with van der Waals surface area (Å²) >= 11 is 6.82. The molecular formula is C108H104Br2N18O2. The summed E-state index contributed by atoms with van der Waals surface area (Å²) in [5, 5.41) is 53.0. The number of oxime groups is 2. The second-order valence-electron chi connectivity index (χ2n) is 36.8. The minimum atomic E-state index is -0.226. The molecule has 0 unspecified atom stereocenters. The predicted octanol–water partition coefficient (Wildman–Crippen LogP) is 26.3. The first-order chi connectivity index (χ1) is 62.0. The molecule has 10 aromatic carbocycles. The number of benzene rings is 10. The number of nitrogens with zero attached hydrogens (tertiary/aromatic N) is 16. The molecule has 22 heteroatoms. The van der Waals surface area contributed by atoms with Crippen molar-refractivity contribution < 1.29 is 10.4 Å². The van der Waals surface area contributed by atoms with Gasteiger partial charge in [0.1, 0.15) is 46.7 Å². The normalized spacial score (nSPS) is 11.5. The fraction of sp³-hybridized carbons (Fsp3) is 0.222. The largest absolute Gasteiger partial charge is 0.409 e. The van der Waals surface area contributed by atoms with Gasteiger partial charge in [-0.1, -0.05) is 316 Å². The molecule has 0 bridgehead atoms. The molecule has 14 rings (SSSR count). The third-order valence-electron chi connectivity index (χ3n) is 21.0. The van der Waals surface area contributed by atoms with E-state index in [-0.39, 0.29) is 67.9 Å². The third-order valence-corrected chi connectivity index (χ3v) is 21.9. The molecule has 0 spiro atoms. The van der Waals surface area contributed by atoms with Gasteiger partial charge in [0, 0.05) is 15.5 Å². The smallest absolute Gasteiger partial charge is 0.305 e. The van der Waals surface area contributed by atoms with Gasteiger partial charge in [0.15, 0.2) is 30.7 Å². The van der Waals surface area contributed by atoms with Crippen LogP contribution in [0.3, 0.4) is 0 Å². The molecule has 0 saturated heterocycles. The molecule has 20 nitrogen and oxygen atoms in total. The molecule has 0 saturated carbocycles. The van der Waals surface area contributed by atoms with Gasteiger partial charge < -0.3 is 54.7 Å². The summed E-state index contributed by atoms with van der Waals surface area (Å²) < 4.78 is 8.78. The van der Waals surface area contributed by atoms with Crippen molar-refractivity contribution in [3.63, 3.8) is 0 Å². The van der Waals surface area contributed by atoms with E-state index in [1.807, 2.05) is 60.7 Å². The Bertz CT molecular complexity index is 6490. The quantitative estimate of drug-likeness (QED) is 0.0163. The third kappa shape index (κ3) is 26.1. The average molecular weight is 1850 g/mol. The molecule has 6 N–H and O–H groups in total. The first-order valence-electron chi connectivity index (χ1n) is 42.2. The fourth-order valence-corrected chi connectivity index (χ4v) is 16.7. The number of hydrogen-bond donors (Lipinski definition) is 4. The number of rotatable bonds is 22. The van der Waals surface area contributed by atoms with Gasteiger partial charge in [-0.05, 0) is 243 Å². The summed E-state index contributed by atoms with van der Waals surface area (Å²) in [5.41, 5.74) is 38.7. The van der Waals surface area contributed by atoms with Crippen LogP contribution in [0.1, 0.15) is 167 Å². The van der Waals surface area contributed by atoms with E-state index >= 15 is 0 Å². The Balaban J connectivity index is 0.000000173. The van der Waals surface area contributed by atoms with Crippen LogP contribution in [-0.4, -0.2) is 60.3 Å². The summed E-state index contributed by atoms with van der Waals surface area (Å²) in [6, 6.07) is 83.2. The minimum absolute atomic E-state index is 0.129. The minimum Gasteiger partial charge on any atom is -0.409 e. The van der Waals surface area contributed by atoms with Gasteiger partial charge in [-0.3, -0.25) is 0 Å². The highest BCUT2D eigenvalue weighted by Gasteiger charge is 2.24. The van der Waals surface area contributed by atoms with Crippen molar-refractivity contribution in [3.8, 4) is 85.0 Å². The molecule has 130 heavy (non-hydrogen) atoms. The van der Waals surface area contributed by atoms with Crippen LogP contribution in [0.2, 0.25) is 0 Å². The van der Waals surface area contributed by atoms with Crippen LogP contribution < -0.4 is 11.5 Å². The predicted molar refractivity (Wildman–Crippen MR) is 530 cm³/mol. The molecule has 4 heterocycles. The standard InChI is InChI=1S/C34H42N6O2.C34H36N4.C28H20N4.C12H6Br2N4/c1-33(2,3)18-22-7-11-25(12-8-22)27-15-24(20-40-21-37-29(31(35)38-41)30(40)32(36)39-42)16-28(17-27)26-13-9-23(10-14-26)19-34(4,5)6;1-33(2,3)19-24-8-12-27(13-9-24)29-16-26(22-38-23-37-32(36-7)31(38)21-35)17-30(18-29)28-14-10-25(11-15-28)20-34(4,5)6;1-4-20-6-10-23(11-7-20)25-14-22(18-32-19-31-28(30-3)27(32)17-29)15-26(16-25)24-12-8-21(5-2)9-13-24;1-16-12-11(5-15)18(7-17-12)6-8-2-9(13)4-10(14)3-8/h7-17,21,41-42H,18-20H2,1-6H3,(H2,35,38)(H2,36,39);8-18,23H,19-20,22H2,1-6H3;4-16,19H,1-2,18H2;2-4,7H,6H2. The Kier molecular flexibility index (Phi) is 31.3. The molecule has 14 aromatic rings. The van der Waals surface area contributed by atoms with E-state index < -0.39 is 0 Å². The maximum Gasteiger partial charge on any atom is 0.305 e. The number of hydrogen-bond acceptors (Lipinski definition) is 11. The van der Waals surface area contributed by atoms with E-state index in [0.717, 1.165) is 135 Å². The van der Waals surface area contributed by atoms with E-state index in [4.69, 9.17) is 36.4 Å². The van der Waals surface area contributed by atoms with Gasteiger partial charge >= 0.3 is 17.5 Å². The molecule has 0 atom stereocenters. The zero-order valence-electron chi connectivity index (χ0n) is 75.3. The van der Waals surface area contributed by atoms with E-state index in [2.05, 4.69) is 361 Å². The van der Waals surface area contributed by atoms with Crippen molar-refractivity contribution in [1.29, 1.82) is 15.8 Å². The maximum atomic E-state index is 9.62. The van der Waals surface area contributed by atoms with Crippen LogP contribution in [0.15, 0.2) is 276 Å². The lowest BCUT2D eigenvalue weighted by Crippen LogP contribution is -2.25. The molecule has 652 valence electrons. The molecular weight excluding hydrogens is 1740 g/mol. The molecule has 0 aliphatic heterocycles. The first kappa shape index (κ1) is 95.6. The highest BCUT2D eigenvalue weighted by Crippen LogP contribution is 2.37. The Labute approximate surface area is 779 Å². The topological polar surface area (TPSA) is 273 Å². The number of aromatic nitrogens is 8. The van der Waals surface area contributed by atoms with Gasteiger partial charge in [0.25, 0.3) is 0 Å². The molecule has 4 aromatic heterocycles. The van der Waals surface area contributed by atoms with Crippen molar-refractivity contribution in [2.24, 2.45) is 43.4 Å². The highest BCUT2D eigenvalue weighted by atomic mass is 79.9. The van der Waals surface area contributed by atoms with Crippen molar-refractivity contribution in [3.05, 3.63) is 384 Å². The van der Waals surface area contributed by atoms with Crippen LogP contribution in [0, 0.1) is 75.4 Å². The van der Waals surface area contributed by atoms with E-state index in [0.29, 0.717) is 37.6 Å². The lowest BCUT2D eigenvalue weighted by molar-refractivity contribution is 0.317. The van der Waals surface area contributed by atoms with Gasteiger partial charge in [-0.2, -0.15) is 15.8 Å². The zero-order valence-corrected chi connectivity index (χ0v) is 78.5. The van der Waals surface area contributed by atoms with Gasteiger partial charge in [-0.25, -0.2) is 4.98 Å². The number of halogens is 2. The highest BCUT2D eigenvalue weighted by molar-refractivity contribution is 9.11. The lowest BCUT2D eigenvalue weighted by atomic mass is 9.87. The maximum absolute atomic E-state index is 9.62. The van der Waals surface area contributed by atoms with Crippen LogP contribution in [0.4, 0.5) is 17.5 Å². The second-order valence-corrected chi connectivity index (χ2v) is 38.6. The monoisotopic (exact) mass is 1840 g/mol. The molecule has 0 amide bonds. The first-order valence-corrected chi connectivity index (χ1v) is 43.8. The average Bonchev–Trinajstić information content (AvgIpc) is 1.68. The van der Waals surface area contributed by atoms with Crippen LogP contribution in [0.25, 0.3) is 93.4 Å². The molecule has 0 radical (unpaired) electrons. The molecule has 0 aliphatic rings. The Hall–Kier alpha value is -15.0. The fourth-order valence-electron chi connectivity index (χ4n) is 15.3. The number of imidazole rings is 4. The van der Waals surface area contributed by atoms with Crippen molar-refractivity contribution >= 4 is 73.1 Å². The summed E-state index contributed by atoms with van der Waals surface area (Å²) in [6.45, 7) is 57.9. The van der Waals surface area contributed by atoms with Gasteiger partial charge in [0.2, 0.25) is 0 Å². The summed E-state index contributed by atoms with van der Waals surface area (Å²) in [7, 11) is 0. The van der Waals surface area contributed by atoms with Crippen molar-refractivity contribution in [2.45, 2.75) is 135 Å². The summed E-state index contributed by atoms with van der Waals surface area (Å²) in [6.07, 6.45) is 13.9. The number of nitrogens with two attached hydrogens (primary N) is 2. The number of amidine groups is 2. The van der Waals surface area contributed by atoms with Crippen molar-refractivity contribution in [2.75, 3.05) is 0 Å². The second kappa shape index (κ2) is 42.5. The Morgan fingerprint density at radius 3 is 0.823 bits per heavy atom. The van der Waals surface area contributed by atoms with Gasteiger partial charge in [0.05, 0.1) is 26.0 Å². The zero-order chi connectivity index (χ0) is 93.8. The summed E-state index contributed by atoms with van der Waals surface area (Å²) in [4.78, 5) is 26.3. The Morgan fingerprint density at radius 2 is 0.592 bits per heavy atom. The van der Waals surface area contributed by atoms with Crippen LogP contribution >= 0.6 is 31.9 Å². The van der Waals surface area contributed by atoms with Crippen molar-refractivity contribution in [1.82, 2.24) is 38.2 Å². The van der Waals surface area contributed by atoms with E-state index in [1.54, 1.807) is 30.9 Å².